The number of aliphatic hydroxyl groups excluding tert-OH is 1. The van der Waals surface area contributed by atoms with E-state index in [1.54, 1.807) is 0 Å². The molecule has 0 bridgehead atoms. The fourth-order valence-corrected chi connectivity index (χ4v) is 5.62. The van der Waals surface area contributed by atoms with E-state index in [1.807, 2.05) is 97.1 Å². The molecular formula is C34H37Cl5N2O3. The second-order valence-corrected chi connectivity index (χ2v) is 12.1. The molecule has 0 aliphatic carbocycles. The predicted molar refractivity (Wildman–Crippen MR) is 185 cm³/mol. The van der Waals surface area contributed by atoms with Gasteiger partial charge in [0.05, 0.1) is 20.1 Å². The monoisotopic (exact) mass is 696 g/mol. The van der Waals surface area contributed by atoms with Crippen LogP contribution in [0.5, 0.6) is 11.5 Å². The van der Waals surface area contributed by atoms with Crippen LogP contribution in [-0.2, 0) is 0 Å². The van der Waals surface area contributed by atoms with Gasteiger partial charge in [-0.25, -0.2) is 0 Å². The summed E-state index contributed by atoms with van der Waals surface area (Å²) in [4.78, 5) is 2.28. The summed E-state index contributed by atoms with van der Waals surface area (Å²) in [6.45, 7) is 3.96. The zero-order chi connectivity index (χ0) is 30.8. The summed E-state index contributed by atoms with van der Waals surface area (Å²) in [5.74, 6) is 2.67. The molecule has 4 aromatic carbocycles. The Morgan fingerprint density at radius 2 is 1.05 bits per heavy atom. The quantitative estimate of drug-likeness (QED) is 0.192. The molecule has 0 radical (unpaired) electrons. The number of para-hydroxylation sites is 2. The molecule has 2 heterocycles. The van der Waals surface area contributed by atoms with E-state index in [-0.39, 0.29) is 24.6 Å². The van der Waals surface area contributed by atoms with Crippen molar-refractivity contribution in [2.75, 3.05) is 40.3 Å². The molecule has 0 aromatic heterocycles. The first kappa shape index (κ1) is 36.3. The van der Waals surface area contributed by atoms with E-state index in [2.05, 4.69) is 17.3 Å². The van der Waals surface area contributed by atoms with Gasteiger partial charge in [0.25, 0.3) is 0 Å². The Morgan fingerprint density at radius 3 is 1.39 bits per heavy atom. The molecule has 2 unspecified atom stereocenters. The summed E-state index contributed by atoms with van der Waals surface area (Å²) in [6.07, 6.45) is -0.00761. The smallest absolute Gasteiger partial charge is 0.129 e. The second kappa shape index (κ2) is 18.1. The van der Waals surface area contributed by atoms with Crippen molar-refractivity contribution in [1.82, 2.24) is 10.2 Å². The SMILES string of the molecule is CN1CC(C(Oc2ccccc2)c2ccc(Cl)c(Cl)c2)C1.CO.Cl.Clc1ccc(C(Oc2ccccc2)C2CNC2)cc1Cl. The van der Waals surface area contributed by atoms with Gasteiger partial charge in [-0.2, -0.15) is 0 Å². The largest absolute Gasteiger partial charge is 0.485 e. The van der Waals surface area contributed by atoms with Crippen LogP contribution in [0.25, 0.3) is 0 Å². The number of aliphatic hydroxyl groups is 1. The van der Waals surface area contributed by atoms with Crippen LogP contribution < -0.4 is 14.8 Å². The van der Waals surface area contributed by atoms with E-state index in [4.69, 9.17) is 61.0 Å². The minimum Gasteiger partial charge on any atom is -0.485 e. The zero-order valence-corrected chi connectivity index (χ0v) is 28.3. The standard InChI is InChI=1S/C17H17Cl2NO.C16H15Cl2NO.CH4O.ClH/c1-20-10-13(11-20)17(21-14-5-3-2-4-6-14)12-7-8-15(18)16(19)9-12;17-14-7-6-11(8-15(14)18)16(12-9-19-10-12)20-13-4-2-1-3-5-13;1-2;/h2-9,13,17H,10-11H2,1H3;1-8,12,16,19H,9-10H2;2H,1H3;1H. The molecular weight excluding hydrogens is 662 g/mol. The second-order valence-electron chi connectivity index (χ2n) is 10.4. The highest BCUT2D eigenvalue weighted by Crippen LogP contribution is 2.36. The third kappa shape index (κ3) is 9.90. The maximum atomic E-state index is 7.00. The van der Waals surface area contributed by atoms with Gasteiger partial charge in [0, 0.05) is 45.1 Å². The number of ether oxygens (including phenoxy) is 2. The maximum absolute atomic E-state index is 7.00. The van der Waals surface area contributed by atoms with Gasteiger partial charge in [-0.15, -0.1) is 12.4 Å². The Hall–Kier alpha value is -2.19. The van der Waals surface area contributed by atoms with Gasteiger partial charge < -0.3 is 24.8 Å². The Balaban J connectivity index is 0.000000223. The average molecular weight is 699 g/mol. The topological polar surface area (TPSA) is 54.0 Å². The summed E-state index contributed by atoms with van der Waals surface area (Å²) in [5, 5.41) is 12.6. The molecule has 0 spiro atoms. The lowest BCUT2D eigenvalue weighted by Crippen LogP contribution is -2.47. The molecule has 6 rings (SSSR count). The first-order valence-corrected chi connectivity index (χ1v) is 15.6. The number of likely N-dealkylation sites (tertiary alicyclic amines) is 1. The predicted octanol–water partition coefficient (Wildman–Crippen LogP) is 9.04. The van der Waals surface area contributed by atoms with Crippen molar-refractivity contribution < 1.29 is 14.6 Å². The first-order valence-electron chi connectivity index (χ1n) is 14.0. The van der Waals surface area contributed by atoms with Crippen molar-refractivity contribution >= 4 is 58.8 Å². The van der Waals surface area contributed by atoms with Crippen LogP contribution in [0, 0.1) is 11.8 Å². The van der Waals surface area contributed by atoms with Crippen molar-refractivity contribution in [1.29, 1.82) is 0 Å². The van der Waals surface area contributed by atoms with Crippen LogP contribution in [0.4, 0.5) is 0 Å². The van der Waals surface area contributed by atoms with Crippen LogP contribution in [0.3, 0.4) is 0 Å². The molecule has 4 aromatic rings. The molecule has 236 valence electrons. The van der Waals surface area contributed by atoms with Gasteiger partial charge in [-0.3, -0.25) is 0 Å². The number of halogens is 5. The lowest BCUT2D eigenvalue weighted by atomic mass is 9.89. The molecule has 2 saturated heterocycles. The van der Waals surface area contributed by atoms with Crippen LogP contribution in [0.15, 0.2) is 97.1 Å². The van der Waals surface area contributed by atoms with E-state index < -0.39 is 0 Å². The highest BCUT2D eigenvalue weighted by atomic mass is 35.5. The number of benzene rings is 4. The van der Waals surface area contributed by atoms with Crippen LogP contribution >= 0.6 is 58.8 Å². The van der Waals surface area contributed by atoms with Crippen molar-refractivity contribution in [3.05, 3.63) is 128 Å². The van der Waals surface area contributed by atoms with Crippen molar-refractivity contribution in [3.8, 4) is 11.5 Å². The van der Waals surface area contributed by atoms with Gasteiger partial charge in [-0.1, -0.05) is 94.9 Å². The summed E-state index contributed by atoms with van der Waals surface area (Å²) >= 11 is 24.3. The fourth-order valence-electron chi connectivity index (χ4n) is 5.01. The molecule has 0 saturated carbocycles. The van der Waals surface area contributed by atoms with E-state index in [0.29, 0.717) is 31.9 Å². The summed E-state index contributed by atoms with van der Waals surface area (Å²) in [6, 6.07) is 31.2. The zero-order valence-electron chi connectivity index (χ0n) is 24.5. The van der Waals surface area contributed by atoms with Gasteiger partial charge in [-0.05, 0) is 66.7 Å². The van der Waals surface area contributed by atoms with Gasteiger partial charge >= 0.3 is 0 Å². The highest BCUT2D eigenvalue weighted by molar-refractivity contribution is 6.42. The molecule has 2 N–H and O–H groups in total. The number of nitrogens with zero attached hydrogens (tertiary/aromatic N) is 1. The van der Waals surface area contributed by atoms with Gasteiger partial charge in [0.2, 0.25) is 0 Å². The van der Waals surface area contributed by atoms with Crippen molar-refractivity contribution in [2.24, 2.45) is 11.8 Å². The average Bonchev–Trinajstić information content (AvgIpc) is 2.99. The Kier molecular flexibility index (Phi) is 14.9. The van der Waals surface area contributed by atoms with Crippen LogP contribution in [0.1, 0.15) is 23.3 Å². The number of nitrogens with one attached hydrogen (secondary N) is 1. The highest BCUT2D eigenvalue weighted by Gasteiger charge is 2.34. The Bertz CT molecular complexity index is 1420. The normalized spacial score (nSPS) is 15.9. The van der Waals surface area contributed by atoms with Gasteiger partial charge in [0.1, 0.15) is 23.7 Å². The van der Waals surface area contributed by atoms with E-state index in [0.717, 1.165) is 55.9 Å². The van der Waals surface area contributed by atoms with Crippen LogP contribution in [-0.4, -0.2) is 50.3 Å². The maximum Gasteiger partial charge on any atom is 0.129 e. The first-order chi connectivity index (χ1) is 20.9. The minimum absolute atomic E-state index is 0. The lowest BCUT2D eigenvalue weighted by molar-refractivity contribution is 0.0241. The molecule has 0 amide bonds. The summed E-state index contributed by atoms with van der Waals surface area (Å²) in [7, 11) is 3.12. The third-order valence-corrected chi connectivity index (χ3v) is 8.80. The Labute approximate surface area is 286 Å². The van der Waals surface area contributed by atoms with Crippen LogP contribution in [0.2, 0.25) is 20.1 Å². The Morgan fingerprint density at radius 1 is 0.636 bits per heavy atom. The molecule has 2 fully saturated rings. The van der Waals surface area contributed by atoms with E-state index in [9.17, 15) is 0 Å². The van der Waals surface area contributed by atoms with Crippen molar-refractivity contribution in [3.63, 3.8) is 0 Å². The molecule has 2 aliphatic rings. The molecule has 2 aliphatic heterocycles. The van der Waals surface area contributed by atoms with E-state index in [1.165, 1.54) is 0 Å². The number of rotatable bonds is 8. The lowest BCUT2D eigenvalue weighted by Gasteiger charge is -2.41. The van der Waals surface area contributed by atoms with Crippen molar-refractivity contribution in [2.45, 2.75) is 12.2 Å². The van der Waals surface area contributed by atoms with E-state index >= 15 is 0 Å². The molecule has 10 heteroatoms. The minimum atomic E-state index is -0.00610. The molecule has 44 heavy (non-hydrogen) atoms. The molecule has 2 atom stereocenters. The number of hydrogen-bond acceptors (Lipinski definition) is 5. The fraction of sp³-hybridized carbons (Fsp3) is 0.294. The van der Waals surface area contributed by atoms with Gasteiger partial charge in [0.15, 0.2) is 0 Å². The third-order valence-electron chi connectivity index (χ3n) is 7.32. The molecule has 5 nitrogen and oxygen atoms in total. The summed E-state index contributed by atoms with van der Waals surface area (Å²) in [5.41, 5.74) is 2.14. The number of hydrogen-bond donors (Lipinski definition) is 2. The summed E-state index contributed by atoms with van der Waals surface area (Å²) < 4.78 is 12.4.